The molecule has 3 rings (SSSR count). The van der Waals surface area contributed by atoms with Crippen molar-refractivity contribution >= 4 is 5.91 Å². The molecule has 1 aromatic carbocycles. The number of nitrogens with zero attached hydrogens (tertiary/aromatic N) is 1. The lowest BCUT2D eigenvalue weighted by Crippen LogP contribution is -2.50. The molecule has 0 N–H and O–H groups in total. The van der Waals surface area contributed by atoms with Gasteiger partial charge in [-0.2, -0.15) is 0 Å². The van der Waals surface area contributed by atoms with E-state index in [1.165, 1.54) is 0 Å². The fourth-order valence-corrected chi connectivity index (χ4v) is 3.35. The Bertz CT molecular complexity index is 546. The van der Waals surface area contributed by atoms with Crippen LogP contribution in [0.1, 0.15) is 32.6 Å². The van der Waals surface area contributed by atoms with Crippen molar-refractivity contribution < 1.29 is 19.0 Å². The normalized spacial score (nSPS) is 25.4. The highest BCUT2D eigenvalue weighted by molar-refractivity contribution is 5.85. The Morgan fingerprint density at radius 2 is 1.96 bits per heavy atom. The van der Waals surface area contributed by atoms with Crippen LogP contribution in [-0.2, 0) is 9.53 Å². The summed E-state index contributed by atoms with van der Waals surface area (Å²) in [5.74, 6) is 1.65. The number of likely N-dealkylation sites (tertiary alicyclic amines) is 1. The number of carbonyl (C=O) groups excluding carboxylic acids is 1. The van der Waals surface area contributed by atoms with Crippen molar-refractivity contribution in [2.75, 3.05) is 26.8 Å². The molecule has 2 saturated heterocycles. The largest absolute Gasteiger partial charge is 0.493 e. The maximum atomic E-state index is 12.6. The molecule has 2 fully saturated rings. The van der Waals surface area contributed by atoms with Crippen molar-refractivity contribution in [2.24, 2.45) is 0 Å². The van der Waals surface area contributed by atoms with Gasteiger partial charge in [0.1, 0.15) is 11.7 Å². The number of ether oxygens (including phenoxy) is 3. The van der Waals surface area contributed by atoms with Gasteiger partial charge in [0.2, 0.25) is 0 Å². The van der Waals surface area contributed by atoms with Gasteiger partial charge in [-0.15, -0.1) is 0 Å². The maximum Gasteiger partial charge on any atom is 0.254 e. The topological polar surface area (TPSA) is 48.0 Å². The number of amides is 1. The minimum Gasteiger partial charge on any atom is -0.493 e. The third-order valence-electron chi connectivity index (χ3n) is 4.76. The van der Waals surface area contributed by atoms with Gasteiger partial charge in [-0.1, -0.05) is 12.1 Å². The Labute approximate surface area is 137 Å². The minimum atomic E-state index is -0.615. The molecule has 2 heterocycles. The highest BCUT2D eigenvalue weighted by Gasteiger charge is 2.41. The molecule has 1 amide bonds. The van der Waals surface area contributed by atoms with Crippen molar-refractivity contribution in [2.45, 2.75) is 44.3 Å². The van der Waals surface area contributed by atoms with Crippen LogP contribution < -0.4 is 9.47 Å². The first-order chi connectivity index (χ1) is 11.1. The molecule has 2 aliphatic rings. The van der Waals surface area contributed by atoms with E-state index >= 15 is 0 Å². The molecule has 2 aliphatic heterocycles. The van der Waals surface area contributed by atoms with Gasteiger partial charge in [0.05, 0.1) is 7.11 Å². The molecule has 1 aromatic rings. The van der Waals surface area contributed by atoms with E-state index in [4.69, 9.17) is 14.2 Å². The molecule has 23 heavy (non-hydrogen) atoms. The van der Waals surface area contributed by atoms with E-state index < -0.39 is 5.60 Å². The first-order valence-corrected chi connectivity index (χ1v) is 8.35. The molecule has 0 saturated carbocycles. The summed E-state index contributed by atoms with van der Waals surface area (Å²) in [6.45, 7) is 4.05. The first kappa shape index (κ1) is 16.1. The summed E-state index contributed by atoms with van der Waals surface area (Å²) in [7, 11) is 1.64. The lowest BCUT2D eigenvalue weighted by atomic mass is 9.98. The van der Waals surface area contributed by atoms with Crippen molar-refractivity contribution in [3.8, 4) is 11.5 Å². The monoisotopic (exact) mass is 319 g/mol. The predicted molar refractivity (Wildman–Crippen MR) is 86.8 cm³/mol. The number of hydrogen-bond acceptors (Lipinski definition) is 4. The summed E-state index contributed by atoms with van der Waals surface area (Å²) in [5.41, 5.74) is -0.615. The summed E-state index contributed by atoms with van der Waals surface area (Å²) >= 11 is 0. The van der Waals surface area contributed by atoms with Crippen LogP contribution in [0.2, 0.25) is 0 Å². The zero-order valence-corrected chi connectivity index (χ0v) is 13.9. The number of hydrogen-bond donors (Lipinski definition) is 0. The summed E-state index contributed by atoms with van der Waals surface area (Å²) in [6.07, 6.45) is 3.58. The lowest BCUT2D eigenvalue weighted by molar-refractivity contribution is -0.152. The van der Waals surface area contributed by atoms with Crippen LogP contribution in [0.3, 0.4) is 0 Å². The van der Waals surface area contributed by atoms with Gasteiger partial charge < -0.3 is 19.1 Å². The van der Waals surface area contributed by atoms with Crippen LogP contribution >= 0.6 is 0 Å². The van der Waals surface area contributed by atoms with Crippen molar-refractivity contribution in [3.63, 3.8) is 0 Å². The second-order valence-corrected chi connectivity index (χ2v) is 6.44. The summed E-state index contributed by atoms with van der Waals surface area (Å²) in [5, 5.41) is 0. The highest BCUT2D eigenvalue weighted by Crippen LogP contribution is 2.31. The molecule has 0 radical (unpaired) electrons. The van der Waals surface area contributed by atoms with E-state index in [9.17, 15) is 4.79 Å². The molecule has 5 nitrogen and oxygen atoms in total. The fraction of sp³-hybridized carbons (Fsp3) is 0.611. The Balaban J connectivity index is 1.55. The van der Waals surface area contributed by atoms with Crippen LogP contribution in [0.25, 0.3) is 0 Å². The molecule has 126 valence electrons. The summed E-state index contributed by atoms with van der Waals surface area (Å²) in [6, 6.07) is 7.68. The SMILES string of the molecule is COc1ccccc1OC1CCN(C(=O)[C@]2(C)CCCO2)CC1. The number of piperidine rings is 1. The van der Waals surface area contributed by atoms with E-state index in [-0.39, 0.29) is 12.0 Å². The van der Waals surface area contributed by atoms with Gasteiger partial charge in [0.15, 0.2) is 11.5 Å². The molecule has 0 bridgehead atoms. The zero-order valence-electron chi connectivity index (χ0n) is 13.9. The quantitative estimate of drug-likeness (QED) is 0.856. The second kappa shape index (κ2) is 6.79. The Morgan fingerprint density at radius 1 is 1.26 bits per heavy atom. The zero-order chi connectivity index (χ0) is 16.3. The number of benzene rings is 1. The number of methoxy groups -OCH3 is 1. The van der Waals surface area contributed by atoms with E-state index in [0.717, 1.165) is 50.3 Å². The van der Waals surface area contributed by atoms with Gasteiger partial charge in [-0.25, -0.2) is 0 Å². The number of rotatable bonds is 4. The van der Waals surface area contributed by atoms with Gasteiger partial charge in [0.25, 0.3) is 5.91 Å². The van der Waals surface area contributed by atoms with Crippen molar-refractivity contribution in [3.05, 3.63) is 24.3 Å². The smallest absolute Gasteiger partial charge is 0.254 e. The number of carbonyl (C=O) groups is 1. The van der Waals surface area contributed by atoms with Crippen LogP contribution in [0.4, 0.5) is 0 Å². The molecular weight excluding hydrogens is 294 g/mol. The molecule has 0 spiro atoms. The van der Waals surface area contributed by atoms with E-state index in [0.29, 0.717) is 6.61 Å². The molecule has 0 aromatic heterocycles. The molecular formula is C18H25NO4. The first-order valence-electron chi connectivity index (χ1n) is 8.35. The summed E-state index contributed by atoms with van der Waals surface area (Å²) < 4.78 is 17.1. The van der Waals surface area contributed by atoms with Crippen LogP contribution in [0, 0.1) is 0 Å². The predicted octanol–water partition coefficient (Wildman–Crippen LogP) is 2.63. The Kier molecular flexibility index (Phi) is 4.76. The molecule has 5 heteroatoms. The van der Waals surface area contributed by atoms with Crippen molar-refractivity contribution in [1.82, 2.24) is 4.90 Å². The Morgan fingerprint density at radius 3 is 2.57 bits per heavy atom. The van der Waals surface area contributed by atoms with Crippen LogP contribution in [0.5, 0.6) is 11.5 Å². The van der Waals surface area contributed by atoms with Crippen LogP contribution in [-0.4, -0.2) is 49.3 Å². The maximum absolute atomic E-state index is 12.6. The van der Waals surface area contributed by atoms with Gasteiger partial charge in [0, 0.05) is 32.5 Å². The van der Waals surface area contributed by atoms with Crippen molar-refractivity contribution in [1.29, 1.82) is 0 Å². The van der Waals surface area contributed by atoms with Gasteiger partial charge in [-0.3, -0.25) is 4.79 Å². The van der Waals surface area contributed by atoms with Crippen LogP contribution in [0.15, 0.2) is 24.3 Å². The van der Waals surface area contributed by atoms with Gasteiger partial charge >= 0.3 is 0 Å². The molecule has 0 aliphatic carbocycles. The molecule has 0 unspecified atom stereocenters. The van der Waals surface area contributed by atoms with E-state index in [1.807, 2.05) is 36.1 Å². The average Bonchev–Trinajstić information content (AvgIpc) is 3.03. The van der Waals surface area contributed by atoms with E-state index in [2.05, 4.69) is 0 Å². The lowest BCUT2D eigenvalue weighted by Gasteiger charge is -2.36. The third-order valence-corrected chi connectivity index (χ3v) is 4.76. The van der Waals surface area contributed by atoms with Gasteiger partial charge in [-0.05, 0) is 31.9 Å². The summed E-state index contributed by atoms with van der Waals surface area (Å²) in [4.78, 5) is 14.6. The Hall–Kier alpha value is -1.75. The molecule has 1 atom stereocenters. The van der Waals surface area contributed by atoms with E-state index in [1.54, 1.807) is 7.11 Å². The standard InChI is InChI=1S/C18H25NO4/c1-18(10-5-13-22-18)17(20)19-11-8-14(9-12-19)23-16-7-4-3-6-15(16)21-2/h3-4,6-7,14H,5,8-13H2,1-2H3/t18-/m0/s1. The minimum absolute atomic E-state index is 0.118. The third kappa shape index (κ3) is 3.44. The highest BCUT2D eigenvalue weighted by atomic mass is 16.5. The second-order valence-electron chi connectivity index (χ2n) is 6.44. The number of para-hydroxylation sites is 2. The average molecular weight is 319 g/mol. The fourth-order valence-electron chi connectivity index (χ4n) is 3.35.